The highest BCUT2D eigenvalue weighted by molar-refractivity contribution is 6.57. The number of anilines is 1. The molecule has 164 valence electrons. The molecule has 32 heavy (non-hydrogen) atoms. The monoisotopic (exact) mass is 426 g/mol. The minimum atomic E-state index is -0.347. The molecule has 2 atom stereocenters. The Labute approximate surface area is 191 Å². The van der Waals surface area contributed by atoms with Crippen LogP contribution in [0.15, 0.2) is 66.8 Å². The van der Waals surface area contributed by atoms with Gasteiger partial charge in [0, 0.05) is 25.2 Å². The summed E-state index contributed by atoms with van der Waals surface area (Å²) in [7, 11) is 8.05. The fourth-order valence-corrected chi connectivity index (χ4v) is 4.67. The summed E-state index contributed by atoms with van der Waals surface area (Å²) >= 11 is 0. The van der Waals surface area contributed by atoms with E-state index in [1.165, 1.54) is 5.57 Å². The standard InChI is InChI=1S/C26H31BN4O/c1-5-6-10-20-17-19-11-7-8-13-22(19)31(4)25(32)24(23(20)21-12-9-14-28-18-21)27-26-29(2)15-16-30(26)3/h7-9,11-18,23-24H,5-6,10H2,1-4H3/b20-17-/t23-,24-/m1/s1. The molecule has 4 rings (SSSR count). The first kappa shape index (κ1) is 22.1. The minimum absolute atomic E-state index is 0.0755. The minimum Gasteiger partial charge on any atom is -0.318 e. The van der Waals surface area contributed by atoms with E-state index in [0.29, 0.717) is 0 Å². The second-order valence-corrected chi connectivity index (χ2v) is 8.61. The average Bonchev–Trinajstić information content (AvgIpc) is 3.13. The third-order valence-electron chi connectivity index (χ3n) is 6.44. The molecule has 0 fully saturated rings. The fourth-order valence-electron chi connectivity index (χ4n) is 4.67. The Hall–Kier alpha value is -3.15. The van der Waals surface area contributed by atoms with Gasteiger partial charge in [-0.05, 0) is 42.0 Å². The van der Waals surface area contributed by atoms with Crippen molar-refractivity contribution in [3.05, 3.63) is 77.9 Å². The summed E-state index contributed by atoms with van der Waals surface area (Å²) in [5.74, 6) is -0.330. The highest BCUT2D eigenvalue weighted by Gasteiger charge is 2.31. The molecule has 1 aliphatic heterocycles. The van der Waals surface area contributed by atoms with E-state index in [1.54, 1.807) is 6.20 Å². The van der Waals surface area contributed by atoms with Crippen LogP contribution in [-0.2, 0) is 18.9 Å². The number of aromatic nitrogens is 3. The first-order chi connectivity index (χ1) is 15.5. The van der Waals surface area contributed by atoms with Gasteiger partial charge in [-0.15, -0.1) is 5.82 Å². The van der Waals surface area contributed by atoms with Crippen molar-refractivity contribution in [3.8, 4) is 0 Å². The van der Waals surface area contributed by atoms with E-state index in [1.807, 2.05) is 68.9 Å². The van der Waals surface area contributed by atoms with Gasteiger partial charge in [0.15, 0.2) is 5.91 Å². The van der Waals surface area contributed by atoms with Crippen LogP contribution in [0.3, 0.4) is 0 Å². The van der Waals surface area contributed by atoms with Gasteiger partial charge in [-0.2, -0.15) is 7.28 Å². The predicted octanol–water partition coefficient (Wildman–Crippen LogP) is 3.40. The molecule has 2 radical (unpaired) electrons. The maximum absolute atomic E-state index is 14.0. The van der Waals surface area contributed by atoms with Gasteiger partial charge in [-0.3, -0.25) is 18.9 Å². The third kappa shape index (κ3) is 4.27. The second kappa shape index (κ2) is 9.55. The number of fused-ring (bicyclic) bond motifs is 1. The van der Waals surface area contributed by atoms with Gasteiger partial charge in [-0.1, -0.05) is 49.3 Å². The summed E-state index contributed by atoms with van der Waals surface area (Å²) in [6.45, 7) is 2.21. The maximum atomic E-state index is 14.0. The lowest BCUT2D eigenvalue weighted by Gasteiger charge is -2.40. The van der Waals surface area contributed by atoms with Crippen LogP contribution >= 0.6 is 0 Å². The molecule has 0 N–H and O–H groups in total. The zero-order chi connectivity index (χ0) is 22.7. The molecular formula is C26H31BN4O. The quantitative estimate of drug-likeness (QED) is 0.448. The molecule has 0 saturated heterocycles. The Bertz CT molecular complexity index is 1100. The lowest BCUT2D eigenvalue weighted by molar-refractivity contribution is -0.653. The summed E-state index contributed by atoms with van der Waals surface area (Å²) < 4.78 is 4.13. The Kier molecular flexibility index (Phi) is 6.59. The average molecular weight is 426 g/mol. The number of pyridine rings is 1. The topological polar surface area (TPSA) is 42.0 Å². The first-order valence-corrected chi connectivity index (χ1v) is 11.3. The number of unbranched alkanes of at least 4 members (excludes halogenated alkanes) is 1. The molecule has 1 aromatic carbocycles. The van der Waals surface area contributed by atoms with Crippen LogP contribution in [0, 0.1) is 0 Å². The van der Waals surface area contributed by atoms with Crippen LogP contribution in [0.4, 0.5) is 5.69 Å². The van der Waals surface area contributed by atoms with E-state index < -0.39 is 0 Å². The van der Waals surface area contributed by atoms with Crippen LogP contribution in [0.25, 0.3) is 6.08 Å². The Morgan fingerprint density at radius 3 is 2.66 bits per heavy atom. The van der Waals surface area contributed by atoms with E-state index in [4.69, 9.17) is 0 Å². The van der Waals surface area contributed by atoms with Gasteiger partial charge >= 0.3 is 0 Å². The lowest BCUT2D eigenvalue weighted by Crippen LogP contribution is -2.53. The first-order valence-electron chi connectivity index (χ1n) is 11.3. The highest BCUT2D eigenvalue weighted by atomic mass is 16.2. The molecule has 0 spiro atoms. The van der Waals surface area contributed by atoms with E-state index in [0.717, 1.165) is 41.8 Å². The normalized spacial score (nSPS) is 20.3. The predicted molar refractivity (Wildman–Crippen MR) is 130 cm³/mol. The molecule has 3 aromatic rings. The molecule has 0 aliphatic carbocycles. The van der Waals surface area contributed by atoms with Crippen LogP contribution < -0.4 is 15.2 Å². The van der Waals surface area contributed by atoms with Crippen LogP contribution in [0.2, 0.25) is 5.82 Å². The van der Waals surface area contributed by atoms with E-state index in [2.05, 4.69) is 46.5 Å². The van der Waals surface area contributed by atoms with Crippen molar-refractivity contribution in [1.82, 2.24) is 9.55 Å². The summed E-state index contributed by atoms with van der Waals surface area (Å²) in [6, 6.07) is 12.2. The van der Waals surface area contributed by atoms with E-state index in [9.17, 15) is 4.79 Å². The number of amides is 1. The molecule has 0 saturated carbocycles. The van der Waals surface area contributed by atoms with Gasteiger partial charge in [0.25, 0.3) is 0 Å². The summed E-state index contributed by atoms with van der Waals surface area (Å²) in [5, 5.41) is 0. The van der Waals surface area contributed by atoms with Crippen LogP contribution in [0.1, 0.15) is 43.2 Å². The van der Waals surface area contributed by atoms with Gasteiger partial charge in [0.05, 0.1) is 19.8 Å². The molecule has 0 unspecified atom stereocenters. The largest absolute Gasteiger partial charge is 0.318 e. The molecule has 6 heteroatoms. The van der Waals surface area contributed by atoms with Gasteiger partial charge in [0.2, 0.25) is 0 Å². The number of allylic oxidation sites excluding steroid dienone is 1. The number of para-hydroxylation sites is 1. The molecule has 3 heterocycles. The van der Waals surface area contributed by atoms with Crippen molar-refractivity contribution in [1.29, 1.82) is 0 Å². The lowest BCUT2D eigenvalue weighted by atomic mass is 9.54. The van der Waals surface area contributed by atoms with E-state index >= 15 is 0 Å². The second-order valence-electron chi connectivity index (χ2n) is 8.61. The fraction of sp³-hybridized carbons (Fsp3) is 0.346. The van der Waals surface area contributed by atoms with E-state index in [-0.39, 0.29) is 17.6 Å². The summed E-state index contributed by atoms with van der Waals surface area (Å²) in [4.78, 5) is 20.3. The van der Waals surface area contributed by atoms with Crippen molar-refractivity contribution >= 4 is 30.7 Å². The molecule has 1 amide bonds. The maximum Gasteiger partial charge on any atom is 0.190 e. The molecule has 1 aliphatic rings. The molecule has 0 bridgehead atoms. The molecular weight excluding hydrogens is 395 g/mol. The molecule has 5 nitrogen and oxygen atoms in total. The number of aryl methyl sites for hydroxylation is 2. The number of hydrogen-bond donors (Lipinski definition) is 0. The SMILES string of the molecule is CCCC/C1=C/c2ccccc2N(C)C(=O)[C@H]([B-]c2n(C)cc[n+]2C)[C@H]1c1cccnc1. The number of imidazole rings is 1. The van der Waals surface area contributed by atoms with Gasteiger partial charge in [0.1, 0.15) is 12.4 Å². The zero-order valence-corrected chi connectivity index (χ0v) is 19.4. The number of carbonyl (C=O) groups excluding carboxylic acids is 1. The zero-order valence-electron chi connectivity index (χ0n) is 19.4. The summed E-state index contributed by atoms with van der Waals surface area (Å²) in [6.07, 6.45) is 13.2. The third-order valence-corrected chi connectivity index (χ3v) is 6.44. The van der Waals surface area contributed by atoms with Crippen molar-refractivity contribution in [3.63, 3.8) is 0 Å². The number of rotatable bonds is 6. The Balaban J connectivity index is 1.92. The number of nitrogens with zero attached hydrogens (tertiary/aromatic N) is 4. The summed E-state index contributed by atoms with van der Waals surface area (Å²) in [5.41, 5.74) is 5.41. The van der Waals surface area contributed by atoms with Crippen molar-refractivity contribution in [2.24, 2.45) is 14.1 Å². The number of benzene rings is 1. The Morgan fingerprint density at radius 1 is 1.16 bits per heavy atom. The van der Waals surface area contributed by atoms with Crippen LogP contribution in [-0.4, -0.2) is 29.8 Å². The van der Waals surface area contributed by atoms with Crippen molar-refractivity contribution < 1.29 is 9.36 Å². The number of carbonyl (C=O) groups is 1. The van der Waals surface area contributed by atoms with Gasteiger partial charge in [-0.25, -0.2) is 0 Å². The number of hydrogen-bond acceptors (Lipinski definition) is 2. The highest BCUT2D eigenvalue weighted by Crippen LogP contribution is 2.43. The van der Waals surface area contributed by atoms with Gasteiger partial charge < -0.3 is 4.90 Å². The van der Waals surface area contributed by atoms with Crippen LogP contribution in [0.5, 0.6) is 0 Å². The Morgan fingerprint density at radius 2 is 1.97 bits per heavy atom. The van der Waals surface area contributed by atoms with Crippen molar-refractivity contribution in [2.75, 3.05) is 11.9 Å². The molecule has 2 aromatic heterocycles. The smallest absolute Gasteiger partial charge is 0.190 e. The van der Waals surface area contributed by atoms with Crippen molar-refractivity contribution in [2.45, 2.75) is 37.9 Å².